The molecular weight excluding hydrogens is 380 g/mol. The molecule has 0 aliphatic heterocycles. The van der Waals surface area contributed by atoms with Gasteiger partial charge in [-0.15, -0.1) is 0 Å². The van der Waals surface area contributed by atoms with Crippen molar-refractivity contribution in [2.24, 2.45) is 0 Å². The molecule has 0 radical (unpaired) electrons. The first-order valence-electron chi connectivity index (χ1n) is 10.9. The molecule has 2 aromatic carbocycles. The van der Waals surface area contributed by atoms with Crippen LogP contribution in [-0.2, 0) is 18.3 Å². The summed E-state index contributed by atoms with van der Waals surface area (Å²) in [5.41, 5.74) is 7.85. The number of hydrogen-bond acceptors (Lipinski definition) is 3. The lowest BCUT2D eigenvalue weighted by Gasteiger charge is -2.23. The van der Waals surface area contributed by atoms with Crippen LogP contribution in [0.5, 0.6) is 0 Å². The molecule has 1 aliphatic carbocycles. The van der Waals surface area contributed by atoms with Gasteiger partial charge in [-0.2, -0.15) is 0 Å². The molecule has 5 aromatic rings. The second-order valence-electron chi connectivity index (χ2n) is 9.45. The fourth-order valence-electron chi connectivity index (χ4n) is 4.93. The van der Waals surface area contributed by atoms with Gasteiger partial charge in [-0.25, -0.2) is 0 Å². The van der Waals surface area contributed by atoms with E-state index in [4.69, 9.17) is 9.40 Å². The van der Waals surface area contributed by atoms with E-state index < -0.39 is 0 Å². The molecule has 3 heterocycles. The van der Waals surface area contributed by atoms with Gasteiger partial charge >= 0.3 is 0 Å². The molecule has 0 atom stereocenters. The molecule has 0 saturated heterocycles. The summed E-state index contributed by atoms with van der Waals surface area (Å²) in [6, 6.07) is 19.3. The van der Waals surface area contributed by atoms with Gasteiger partial charge in [0.2, 0.25) is 0 Å². The number of fused-ring (bicyclic) bond motifs is 6. The average molecular weight is 405 g/mol. The summed E-state index contributed by atoms with van der Waals surface area (Å²) in [7, 11) is 0. The van der Waals surface area contributed by atoms with E-state index >= 15 is 0 Å². The fourth-order valence-corrected chi connectivity index (χ4v) is 4.93. The largest absolute Gasteiger partial charge is 0.454 e. The Morgan fingerprint density at radius 2 is 1.68 bits per heavy atom. The molecule has 3 aromatic heterocycles. The maximum absolute atomic E-state index is 6.36. The predicted octanol–water partition coefficient (Wildman–Crippen LogP) is 7.11. The monoisotopic (exact) mass is 404 g/mol. The zero-order valence-electron chi connectivity index (χ0n) is 18.1. The number of benzene rings is 2. The van der Waals surface area contributed by atoms with Crippen LogP contribution in [0.15, 0.2) is 71.4 Å². The maximum Gasteiger partial charge on any atom is 0.157 e. The Kier molecular flexibility index (Phi) is 3.85. The van der Waals surface area contributed by atoms with Crippen molar-refractivity contribution in [3.8, 4) is 22.7 Å². The molecule has 0 fully saturated rings. The molecule has 3 nitrogen and oxygen atoms in total. The zero-order valence-corrected chi connectivity index (χ0v) is 18.1. The maximum atomic E-state index is 6.36. The molecule has 0 bridgehead atoms. The smallest absolute Gasteiger partial charge is 0.157 e. The highest BCUT2D eigenvalue weighted by atomic mass is 16.3. The van der Waals surface area contributed by atoms with Crippen molar-refractivity contribution in [2.75, 3.05) is 0 Å². The van der Waals surface area contributed by atoms with E-state index in [0.29, 0.717) is 0 Å². The van der Waals surface area contributed by atoms with E-state index in [-0.39, 0.29) is 5.41 Å². The van der Waals surface area contributed by atoms with Crippen LogP contribution in [-0.4, -0.2) is 9.97 Å². The molecule has 0 N–H and O–H groups in total. The minimum absolute atomic E-state index is 0.0300. The summed E-state index contributed by atoms with van der Waals surface area (Å²) < 4.78 is 6.36. The van der Waals surface area contributed by atoms with Gasteiger partial charge in [0.1, 0.15) is 11.3 Å². The third-order valence-electron chi connectivity index (χ3n) is 6.39. The molecule has 6 rings (SSSR count). The summed E-state index contributed by atoms with van der Waals surface area (Å²) in [5, 5.41) is 3.68. The van der Waals surface area contributed by atoms with Crippen LogP contribution in [0.3, 0.4) is 0 Å². The van der Waals surface area contributed by atoms with E-state index in [0.717, 1.165) is 46.5 Å². The summed E-state index contributed by atoms with van der Waals surface area (Å²) in [5.74, 6) is 0.905. The van der Waals surface area contributed by atoms with Gasteiger partial charge in [0.15, 0.2) is 5.76 Å². The molecule has 3 heteroatoms. The van der Waals surface area contributed by atoms with Crippen LogP contribution in [0, 0.1) is 0 Å². The van der Waals surface area contributed by atoms with Crippen LogP contribution >= 0.6 is 0 Å². The molecule has 152 valence electrons. The first-order valence-corrected chi connectivity index (χ1v) is 10.9. The van der Waals surface area contributed by atoms with Gasteiger partial charge in [-0.3, -0.25) is 9.97 Å². The summed E-state index contributed by atoms with van der Waals surface area (Å²) in [6.07, 6.45) is 5.63. The Bertz CT molecular complexity index is 1470. The average Bonchev–Trinajstić information content (AvgIpc) is 3.17. The zero-order chi connectivity index (χ0) is 21.2. The number of hydrogen-bond donors (Lipinski definition) is 0. The molecular formula is C28H24N2O. The lowest BCUT2D eigenvalue weighted by Crippen LogP contribution is -2.12. The number of rotatable bonds is 1. The Morgan fingerprint density at radius 1 is 0.839 bits per heavy atom. The molecule has 0 unspecified atom stereocenters. The number of pyridine rings is 2. The van der Waals surface area contributed by atoms with Crippen molar-refractivity contribution < 1.29 is 4.42 Å². The predicted molar refractivity (Wildman–Crippen MR) is 126 cm³/mol. The molecule has 0 saturated carbocycles. The first kappa shape index (κ1) is 18.3. The number of nitrogens with zero attached hydrogens (tertiary/aromatic N) is 2. The lowest BCUT2D eigenvalue weighted by molar-refractivity contribution is 0.596. The minimum Gasteiger partial charge on any atom is -0.454 e. The van der Waals surface area contributed by atoms with E-state index in [1.807, 2.05) is 24.5 Å². The van der Waals surface area contributed by atoms with Crippen LogP contribution in [0.25, 0.3) is 44.5 Å². The topological polar surface area (TPSA) is 38.9 Å². The van der Waals surface area contributed by atoms with Gasteiger partial charge in [-0.1, -0.05) is 51.1 Å². The van der Waals surface area contributed by atoms with Crippen LogP contribution in [0.2, 0.25) is 0 Å². The van der Waals surface area contributed by atoms with E-state index in [1.54, 1.807) is 0 Å². The molecule has 31 heavy (non-hydrogen) atoms. The summed E-state index contributed by atoms with van der Waals surface area (Å²) >= 11 is 0. The number of aryl methyl sites for hydroxylation is 2. The van der Waals surface area contributed by atoms with Crippen LogP contribution < -0.4 is 0 Å². The fraction of sp³-hybridized carbons (Fsp3) is 0.214. The van der Waals surface area contributed by atoms with Crippen molar-refractivity contribution in [1.29, 1.82) is 0 Å². The van der Waals surface area contributed by atoms with Crippen molar-refractivity contribution in [1.82, 2.24) is 9.97 Å². The van der Waals surface area contributed by atoms with E-state index in [9.17, 15) is 0 Å². The molecule has 0 amide bonds. The standard InChI is InChI=1S/C28H24N2O/c1-28(2,3)22-16-19(15-18-7-4-5-9-20(18)22)25-24-21-11-10-17-8-6-13-29-26(17)27(21)31-23(24)12-14-30-25/h4-9,12-16H,10-11H2,1-3H3. The summed E-state index contributed by atoms with van der Waals surface area (Å²) in [4.78, 5) is 9.49. The van der Waals surface area contributed by atoms with Crippen LogP contribution in [0.1, 0.15) is 37.5 Å². The highest BCUT2D eigenvalue weighted by Gasteiger charge is 2.27. The molecule has 1 aliphatic rings. The van der Waals surface area contributed by atoms with Crippen molar-refractivity contribution in [3.05, 3.63) is 83.7 Å². The Hall–Kier alpha value is -3.46. The second kappa shape index (κ2) is 6.52. The van der Waals surface area contributed by atoms with Crippen LogP contribution in [0.4, 0.5) is 0 Å². The van der Waals surface area contributed by atoms with Gasteiger partial charge in [0.05, 0.1) is 11.1 Å². The third kappa shape index (κ3) is 2.80. The van der Waals surface area contributed by atoms with Crippen molar-refractivity contribution in [3.63, 3.8) is 0 Å². The number of aromatic nitrogens is 2. The molecule has 0 spiro atoms. The summed E-state index contributed by atoms with van der Waals surface area (Å²) in [6.45, 7) is 6.82. The number of furan rings is 1. The SMILES string of the molecule is CC(C)(C)c1cc(-c2nccc3oc4c(c23)CCc2cccnc2-4)cc2ccccc12. The van der Waals surface area contributed by atoms with E-state index in [1.165, 1.54) is 27.5 Å². The Balaban J connectivity index is 1.66. The van der Waals surface area contributed by atoms with Gasteiger partial charge < -0.3 is 4.42 Å². The Morgan fingerprint density at radius 3 is 2.55 bits per heavy atom. The van der Waals surface area contributed by atoms with E-state index in [2.05, 4.69) is 68.2 Å². The lowest BCUT2D eigenvalue weighted by atomic mass is 9.82. The normalized spacial score (nSPS) is 13.4. The Labute approximate surface area is 181 Å². The third-order valence-corrected chi connectivity index (χ3v) is 6.39. The first-order chi connectivity index (χ1) is 15.0. The van der Waals surface area contributed by atoms with Crippen molar-refractivity contribution >= 4 is 21.7 Å². The highest BCUT2D eigenvalue weighted by Crippen LogP contribution is 2.43. The van der Waals surface area contributed by atoms with Gasteiger partial charge in [0, 0.05) is 23.5 Å². The quantitative estimate of drug-likeness (QED) is 0.299. The van der Waals surface area contributed by atoms with Crippen molar-refractivity contribution in [2.45, 2.75) is 39.0 Å². The van der Waals surface area contributed by atoms with Gasteiger partial charge in [-0.05, 0) is 64.4 Å². The second-order valence-corrected chi connectivity index (χ2v) is 9.45. The minimum atomic E-state index is 0.0300. The van der Waals surface area contributed by atoms with Gasteiger partial charge in [0.25, 0.3) is 0 Å². The highest BCUT2D eigenvalue weighted by molar-refractivity contribution is 6.01.